The predicted molar refractivity (Wildman–Crippen MR) is 117 cm³/mol. The maximum absolute atomic E-state index is 13.0. The first-order valence-electron chi connectivity index (χ1n) is 8.68. The van der Waals surface area contributed by atoms with E-state index in [9.17, 15) is 9.59 Å². The number of H-pyrrole nitrogens is 1. The summed E-state index contributed by atoms with van der Waals surface area (Å²) in [6, 6.07) is 10.7. The van der Waals surface area contributed by atoms with Crippen molar-refractivity contribution >= 4 is 63.2 Å². The van der Waals surface area contributed by atoms with Crippen LogP contribution >= 0.6 is 23.2 Å². The Labute approximate surface area is 180 Å². The first-order chi connectivity index (χ1) is 14.4. The van der Waals surface area contributed by atoms with E-state index in [1.54, 1.807) is 36.4 Å². The molecule has 4 rings (SSSR count). The summed E-state index contributed by atoms with van der Waals surface area (Å²) in [5.41, 5.74) is 7.91. The molecule has 4 aromatic rings. The second-order valence-electron chi connectivity index (χ2n) is 6.30. The van der Waals surface area contributed by atoms with Crippen LogP contribution in [0.5, 0.6) is 0 Å². The van der Waals surface area contributed by atoms with Crippen molar-refractivity contribution in [2.75, 3.05) is 16.4 Å². The number of urea groups is 1. The van der Waals surface area contributed by atoms with Gasteiger partial charge in [0, 0.05) is 22.5 Å². The number of aromatic nitrogens is 3. The molecule has 0 aliphatic rings. The van der Waals surface area contributed by atoms with Gasteiger partial charge in [0.15, 0.2) is 5.78 Å². The molecule has 0 atom stereocenters. The first kappa shape index (κ1) is 19.7. The highest BCUT2D eigenvalue weighted by Crippen LogP contribution is 2.26. The molecule has 2 heterocycles. The van der Waals surface area contributed by atoms with Crippen LogP contribution in [0.4, 0.5) is 22.0 Å². The number of rotatable bonds is 4. The smallest absolute Gasteiger partial charge is 0.323 e. The lowest BCUT2D eigenvalue weighted by molar-refractivity contribution is 0.104. The van der Waals surface area contributed by atoms with Gasteiger partial charge in [0.25, 0.3) is 0 Å². The summed E-state index contributed by atoms with van der Waals surface area (Å²) in [7, 11) is 0. The molecular weight excluding hydrogens is 427 g/mol. The molecule has 0 radical (unpaired) electrons. The number of carbonyl (C=O) groups excluding carboxylic acids is 2. The van der Waals surface area contributed by atoms with Crippen molar-refractivity contribution in [3.63, 3.8) is 0 Å². The Balaban J connectivity index is 1.55. The van der Waals surface area contributed by atoms with Crippen molar-refractivity contribution in [3.05, 3.63) is 76.2 Å². The summed E-state index contributed by atoms with van der Waals surface area (Å²) in [5, 5.41) is 6.52. The molecule has 0 fully saturated rings. The Morgan fingerprint density at radius 2 is 1.87 bits per heavy atom. The quantitative estimate of drug-likeness (QED) is 0.341. The molecule has 0 saturated carbocycles. The number of nitrogens with two attached hydrogens (primary N) is 1. The van der Waals surface area contributed by atoms with Crippen molar-refractivity contribution < 1.29 is 9.59 Å². The zero-order valence-electron chi connectivity index (χ0n) is 15.2. The largest absolute Gasteiger partial charge is 0.383 e. The lowest BCUT2D eigenvalue weighted by Crippen LogP contribution is -2.19. The monoisotopic (exact) mass is 440 g/mol. The molecule has 0 unspecified atom stereocenters. The van der Waals surface area contributed by atoms with Gasteiger partial charge in [0.2, 0.25) is 0 Å². The minimum Gasteiger partial charge on any atom is -0.383 e. The van der Waals surface area contributed by atoms with Crippen LogP contribution in [0.1, 0.15) is 15.9 Å². The number of nitrogen functional groups attached to an aromatic ring is 1. The summed E-state index contributed by atoms with van der Waals surface area (Å²) in [4.78, 5) is 36.2. The maximum atomic E-state index is 13.0. The molecule has 0 aliphatic carbocycles. The molecule has 2 amide bonds. The van der Waals surface area contributed by atoms with Crippen molar-refractivity contribution in [1.29, 1.82) is 0 Å². The highest BCUT2D eigenvalue weighted by atomic mass is 35.5. The molecule has 0 bridgehead atoms. The summed E-state index contributed by atoms with van der Waals surface area (Å²) in [5.74, 6) is -0.0781. The van der Waals surface area contributed by atoms with E-state index in [2.05, 4.69) is 25.6 Å². The molecule has 0 aliphatic heterocycles. The summed E-state index contributed by atoms with van der Waals surface area (Å²) < 4.78 is 0. The number of nitrogens with zero attached hydrogens (tertiary/aromatic N) is 2. The van der Waals surface area contributed by atoms with Crippen molar-refractivity contribution in [2.24, 2.45) is 0 Å². The fourth-order valence-corrected chi connectivity index (χ4v) is 3.39. The van der Waals surface area contributed by atoms with Gasteiger partial charge in [-0.15, -0.1) is 0 Å². The second-order valence-corrected chi connectivity index (χ2v) is 7.14. The number of anilines is 3. The van der Waals surface area contributed by atoms with Gasteiger partial charge in [-0.1, -0.05) is 35.3 Å². The highest BCUT2D eigenvalue weighted by molar-refractivity contribution is 6.36. The third-order valence-electron chi connectivity index (χ3n) is 4.31. The molecule has 8 nitrogen and oxygen atoms in total. The number of carbonyl (C=O) groups is 2. The number of amides is 2. The van der Waals surface area contributed by atoms with Crippen LogP contribution < -0.4 is 16.4 Å². The van der Waals surface area contributed by atoms with Gasteiger partial charge in [-0.3, -0.25) is 4.79 Å². The standard InChI is InChI=1S/C20H14Cl2N6O2/c21-11-4-5-15(14(22)7-11)28-20(30)27-12-3-1-2-10(6-12)17(29)13-8-24-19-16(13)18(23)25-9-26-19/h1-9H,(H2,27,28,30)(H3,23,24,25,26). The zero-order valence-corrected chi connectivity index (χ0v) is 16.8. The van der Waals surface area contributed by atoms with Gasteiger partial charge in [0.1, 0.15) is 17.8 Å². The van der Waals surface area contributed by atoms with E-state index in [4.69, 9.17) is 28.9 Å². The van der Waals surface area contributed by atoms with E-state index >= 15 is 0 Å². The maximum Gasteiger partial charge on any atom is 0.323 e. The number of halogens is 2. The van der Waals surface area contributed by atoms with Gasteiger partial charge in [-0.2, -0.15) is 0 Å². The Bertz CT molecular complexity index is 1290. The molecule has 0 saturated heterocycles. The van der Waals surface area contributed by atoms with E-state index in [0.717, 1.165) is 0 Å². The van der Waals surface area contributed by atoms with E-state index in [-0.39, 0.29) is 11.6 Å². The van der Waals surface area contributed by atoms with E-state index < -0.39 is 6.03 Å². The first-order valence-corrected chi connectivity index (χ1v) is 9.43. The van der Waals surface area contributed by atoms with Gasteiger partial charge in [-0.25, -0.2) is 14.8 Å². The van der Waals surface area contributed by atoms with Crippen molar-refractivity contribution in [1.82, 2.24) is 15.0 Å². The van der Waals surface area contributed by atoms with Gasteiger partial charge in [0.05, 0.1) is 21.7 Å². The van der Waals surface area contributed by atoms with E-state index in [0.29, 0.717) is 43.6 Å². The van der Waals surface area contributed by atoms with Crippen molar-refractivity contribution in [2.45, 2.75) is 0 Å². The molecule has 5 N–H and O–H groups in total. The molecule has 2 aromatic carbocycles. The average Bonchev–Trinajstić information content (AvgIpc) is 3.15. The van der Waals surface area contributed by atoms with E-state index in [1.807, 2.05) is 0 Å². The Morgan fingerprint density at radius 3 is 2.67 bits per heavy atom. The fraction of sp³-hybridized carbons (Fsp3) is 0. The Kier molecular flexibility index (Phi) is 5.26. The number of hydrogen-bond acceptors (Lipinski definition) is 5. The Hall–Kier alpha value is -3.62. The summed E-state index contributed by atoms with van der Waals surface area (Å²) in [6.45, 7) is 0. The Morgan fingerprint density at radius 1 is 1.03 bits per heavy atom. The SMILES string of the molecule is Nc1ncnc2[nH]cc(C(=O)c3cccc(NC(=O)Nc4ccc(Cl)cc4Cl)c3)c12. The molecular formula is C20H14Cl2N6O2. The molecule has 10 heteroatoms. The minimum absolute atomic E-state index is 0.207. The van der Waals surface area contributed by atoms with Crippen LogP contribution in [0.15, 0.2) is 55.0 Å². The number of hydrogen-bond donors (Lipinski definition) is 4. The van der Waals surface area contributed by atoms with Crippen LogP contribution in [0.2, 0.25) is 10.0 Å². The normalized spacial score (nSPS) is 10.7. The molecule has 2 aromatic heterocycles. The number of ketones is 1. The van der Waals surface area contributed by atoms with Gasteiger partial charge >= 0.3 is 6.03 Å². The molecule has 30 heavy (non-hydrogen) atoms. The third kappa shape index (κ3) is 3.91. The molecule has 150 valence electrons. The van der Waals surface area contributed by atoms with Crippen LogP contribution in [-0.4, -0.2) is 26.8 Å². The van der Waals surface area contributed by atoms with Crippen LogP contribution in [0, 0.1) is 0 Å². The number of benzene rings is 2. The highest BCUT2D eigenvalue weighted by Gasteiger charge is 2.18. The topological polar surface area (TPSA) is 126 Å². The summed E-state index contributed by atoms with van der Waals surface area (Å²) >= 11 is 11.9. The minimum atomic E-state index is -0.520. The second kappa shape index (κ2) is 8.02. The number of aromatic amines is 1. The van der Waals surface area contributed by atoms with Gasteiger partial charge in [-0.05, 0) is 30.3 Å². The predicted octanol–water partition coefficient (Wildman–Crippen LogP) is 4.72. The average molecular weight is 441 g/mol. The number of nitrogens with one attached hydrogen (secondary N) is 3. The van der Waals surface area contributed by atoms with Crippen LogP contribution in [0.25, 0.3) is 11.0 Å². The van der Waals surface area contributed by atoms with E-state index in [1.165, 1.54) is 18.6 Å². The lowest BCUT2D eigenvalue weighted by atomic mass is 10.0. The summed E-state index contributed by atoms with van der Waals surface area (Å²) in [6.07, 6.45) is 2.85. The van der Waals surface area contributed by atoms with Gasteiger partial charge < -0.3 is 21.4 Å². The van der Waals surface area contributed by atoms with Crippen LogP contribution in [-0.2, 0) is 0 Å². The number of fused-ring (bicyclic) bond motifs is 1. The fourth-order valence-electron chi connectivity index (χ4n) is 2.94. The van der Waals surface area contributed by atoms with Crippen LogP contribution in [0.3, 0.4) is 0 Å². The zero-order chi connectivity index (χ0) is 21.3. The third-order valence-corrected chi connectivity index (χ3v) is 4.85. The van der Waals surface area contributed by atoms with Crippen molar-refractivity contribution in [3.8, 4) is 0 Å². The molecule has 0 spiro atoms. The lowest BCUT2D eigenvalue weighted by Gasteiger charge is -2.10.